The van der Waals surface area contributed by atoms with E-state index in [1.807, 2.05) is 6.92 Å². The van der Waals surface area contributed by atoms with Crippen molar-refractivity contribution in [3.8, 4) is 0 Å². The van der Waals surface area contributed by atoms with Crippen LogP contribution in [0.5, 0.6) is 0 Å². The third kappa shape index (κ3) is 3.46. The van der Waals surface area contributed by atoms with Crippen molar-refractivity contribution >= 4 is 5.71 Å². The second-order valence-corrected chi connectivity index (χ2v) is 1.46. The number of aliphatic imine (C=N–C) groups is 1. The fourth-order valence-corrected chi connectivity index (χ4v) is 0.244. The van der Waals surface area contributed by atoms with Crippen molar-refractivity contribution in [2.24, 2.45) is 15.2 Å². The van der Waals surface area contributed by atoms with Crippen molar-refractivity contribution in [1.29, 1.82) is 0 Å². The molecule has 0 unspecified atom stereocenters. The Hall–Kier alpha value is -0.730. The Balaban J connectivity index is 3.40. The molecule has 0 aromatic carbocycles. The van der Waals surface area contributed by atoms with Gasteiger partial charge in [0.2, 0.25) is 0 Å². The van der Waals surface area contributed by atoms with E-state index in [9.17, 15) is 0 Å². The fraction of sp³-hybridized carbons (Fsp3) is 0.800. The predicted molar refractivity (Wildman–Crippen MR) is 34.7 cm³/mol. The van der Waals surface area contributed by atoms with Gasteiger partial charge in [0.1, 0.15) is 0 Å². The summed E-state index contributed by atoms with van der Waals surface area (Å²) in [5.41, 5.74) is 1.01. The summed E-state index contributed by atoms with van der Waals surface area (Å²) in [6, 6.07) is 0. The molecule has 0 bridgehead atoms. The van der Waals surface area contributed by atoms with Gasteiger partial charge < -0.3 is 0 Å². The molecule has 0 saturated heterocycles. The first-order chi connectivity index (χ1) is 3.81. The van der Waals surface area contributed by atoms with Crippen molar-refractivity contribution in [2.45, 2.75) is 6.92 Å². The van der Waals surface area contributed by atoms with Crippen LogP contribution in [0.25, 0.3) is 0 Å². The van der Waals surface area contributed by atoms with E-state index >= 15 is 0 Å². The monoisotopic (exact) mass is 113 g/mol. The summed E-state index contributed by atoms with van der Waals surface area (Å²) >= 11 is 0. The summed E-state index contributed by atoms with van der Waals surface area (Å²) in [7, 11) is 3.41. The van der Waals surface area contributed by atoms with Crippen LogP contribution >= 0.6 is 0 Å². The van der Waals surface area contributed by atoms with Crippen LogP contribution in [0.2, 0.25) is 0 Å². The molecule has 0 atom stereocenters. The Bertz CT molecular complexity index is 104. The molecule has 8 heavy (non-hydrogen) atoms. The lowest BCUT2D eigenvalue weighted by Gasteiger charge is -1.86. The van der Waals surface area contributed by atoms with Gasteiger partial charge in [-0.15, -0.1) is 0 Å². The van der Waals surface area contributed by atoms with E-state index in [-0.39, 0.29) is 0 Å². The maximum atomic E-state index is 3.89. The maximum Gasteiger partial charge on any atom is 0.0973 e. The SMILES string of the molecule is CN=NCC(C)=NC. The number of nitrogens with zero attached hydrogens (tertiary/aromatic N) is 3. The molecule has 3 heteroatoms. The highest BCUT2D eigenvalue weighted by Crippen LogP contribution is 1.76. The summed E-state index contributed by atoms with van der Waals surface area (Å²) in [5, 5.41) is 7.30. The number of azo groups is 1. The molecule has 0 N–H and O–H groups in total. The lowest BCUT2D eigenvalue weighted by Crippen LogP contribution is -1.93. The van der Waals surface area contributed by atoms with Gasteiger partial charge in [0.25, 0.3) is 0 Å². The van der Waals surface area contributed by atoms with E-state index in [0.29, 0.717) is 6.54 Å². The van der Waals surface area contributed by atoms with Gasteiger partial charge in [0.05, 0.1) is 6.54 Å². The molecule has 0 amide bonds. The molecule has 0 aromatic heterocycles. The molecule has 0 aliphatic carbocycles. The Labute approximate surface area is 49.5 Å². The quantitative estimate of drug-likeness (QED) is 0.380. The molecule has 0 spiro atoms. The van der Waals surface area contributed by atoms with Crippen LogP contribution in [-0.4, -0.2) is 26.4 Å². The fourth-order valence-electron chi connectivity index (χ4n) is 0.244. The summed E-state index contributed by atoms with van der Waals surface area (Å²) in [4.78, 5) is 3.89. The molecule has 0 radical (unpaired) electrons. The normalized spacial score (nSPS) is 13.1. The molecule has 0 saturated carbocycles. The van der Waals surface area contributed by atoms with Gasteiger partial charge in [0.15, 0.2) is 0 Å². The molecule has 0 aliphatic heterocycles. The molecule has 0 aromatic rings. The number of hydrogen-bond acceptors (Lipinski definition) is 3. The van der Waals surface area contributed by atoms with E-state index in [2.05, 4.69) is 15.2 Å². The smallest absolute Gasteiger partial charge is 0.0973 e. The average Bonchev–Trinajstić information content (AvgIpc) is 1.83. The molecule has 0 aliphatic rings. The Morgan fingerprint density at radius 3 is 2.38 bits per heavy atom. The molecule has 0 fully saturated rings. The van der Waals surface area contributed by atoms with E-state index in [0.717, 1.165) is 5.71 Å². The number of rotatable bonds is 2. The van der Waals surface area contributed by atoms with Crippen molar-refractivity contribution in [3.05, 3.63) is 0 Å². The lowest BCUT2D eigenvalue weighted by molar-refractivity contribution is 1.05. The Morgan fingerprint density at radius 1 is 1.38 bits per heavy atom. The lowest BCUT2D eigenvalue weighted by atomic mass is 10.4. The zero-order valence-electron chi connectivity index (χ0n) is 5.55. The van der Waals surface area contributed by atoms with Crippen LogP contribution in [0.3, 0.4) is 0 Å². The zero-order chi connectivity index (χ0) is 6.41. The second-order valence-electron chi connectivity index (χ2n) is 1.46. The van der Waals surface area contributed by atoms with Gasteiger partial charge in [-0.05, 0) is 6.92 Å². The van der Waals surface area contributed by atoms with E-state index in [4.69, 9.17) is 0 Å². The summed E-state index contributed by atoms with van der Waals surface area (Å²) in [5.74, 6) is 0. The van der Waals surface area contributed by atoms with E-state index in [1.54, 1.807) is 14.1 Å². The third-order valence-electron chi connectivity index (χ3n) is 0.823. The third-order valence-corrected chi connectivity index (χ3v) is 0.823. The summed E-state index contributed by atoms with van der Waals surface area (Å²) in [6.07, 6.45) is 0. The van der Waals surface area contributed by atoms with Gasteiger partial charge in [-0.2, -0.15) is 10.2 Å². The van der Waals surface area contributed by atoms with Crippen molar-refractivity contribution in [3.63, 3.8) is 0 Å². The molecule has 3 nitrogen and oxygen atoms in total. The molecule has 0 heterocycles. The van der Waals surface area contributed by atoms with E-state index in [1.165, 1.54) is 0 Å². The van der Waals surface area contributed by atoms with Crippen LogP contribution < -0.4 is 0 Å². The van der Waals surface area contributed by atoms with Crippen molar-refractivity contribution < 1.29 is 0 Å². The van der Waals surface area contributed by atoms with Gasteiger partial charge in [0, 0.05) is 19.8 Å². The summed E-state index contributed by atoms with van der Waals surface area (Å²) in [6.45, 7) is 2.56. The molecular weight excluding hydrogens is 102 g/mol. The van der Waals surface area contributed by atoms with Crippen LogP contribution in [0.1, 0.15) is 6.92 Å². The van der Waals surface area contributed by atoms with Crippen molar-refractivity contribution in [1.82, 2.24) is 0 Å². The first-order valence-corrected chi connectivity index (χ1v) is 2.49. The van der Waals surface area contributed by atoms with Crippen LogP contribution in [0.15, 0.2) is 15.2 Å². The highest BCUT2D eigenvalue weighted by molar-refractivity contribution is 5.83. The minimum absolute atomic E-state index is 0.632. The first kappa shape index (κ1) is 7.27. The topological polar surface area (TPSA) is 37.1 Å². The Kier molecular flexibility index (Phi) is 4.03. The minimum Gasteiger partial charge on any atom is -0.296 e. The predicted octanol–water partition coefficient (Wildman–Crippen LogP) is 1.16. The average molecular weight is 113 g/mol. The number of hydrogen-bond donors (Lipinski definition) is 0. The van der Waals surface area contributed by atoms with Gasteiger partial charge in [-0.1, -0.05) is 0 Å². The minimum atomic E-state index is 0.632. The highest BCUT2D eigenvalue weighted by atomic mass is 15.1. The van der Waals surface area contributed by atoms with Gasteiger partial charge >= 0.3 is 0 Å². The zero-order valence-corrected chi connectivity index (χ0v) is 5.55. The standard InChI is InChI=1S/C5H11N3/c1-5(6-2)4-8-7-3/h4H2,1-3H3. The van der Waals surface area contributed by atoms with Gasteiger partial charge in [-0.25, -0.2) is 0 Å². The van der Waals surface area contributed by atoms with Crippen LogP contribution in [0, 0.1) is 0 Å². The molecule has 0 rings (SSSR count). The molecule has 46 valence electrons. The van der Waals surface area contributed by atoms with Crippen molar-refractivity contribution in [2.75, 3.05) is 20.6 Å². The summed E-state index contributed by atoms with van der Waals surface area (Å²) < 4.78 is 0. The van der Waals surface area contributed by atoms with Crippen LogP contribution in [0.4, 0.5) is 0 Å². The largest absolute Gasteiger partial charge is 0.296 e. The first-order valence-electron chi connectivity index (χ1n) is 2.49. The van der Waals surface area contributed by atoms with Gasteiger partial charge in [-0.3, -0.25) is 4.99 Å². The molecular formula is C5H11N3. The highest BCUT2D eigenvalue weighted by Gasteiger charge is 1.81. The Morgan fingerprint density at radius 2 is 2.00 bits per heavy atom. The van der Waals surface area contributed by atoms with E-state index < -0.39 is 0 Å². The second kappa shape index (κ2) is 4.43. The van der Waals surface area contributed by atoms with Crippen LogP contribution in [-0.2, 0) is 0 Å². The maximum absolute atomic E-state index is 3.89.